The monoisotopic (exact) mass is 419 g/mol. The predicted octanol–water partition coefficient (Wildman–Crippen LogP) is 4.56. The molecule has 4 atom stereocenters. The van der Waals surface area contributed by atoms with Crippen molar-refractivity contribution in [3.8, 4) is 0 Å². The van der Waals surface area contributed by atoms with Crippen LogP contribution in [0.5, 0.6) is 0 Å². The van der Waals surface area contributed by atoms with Gasteiger partial charge in [0.2, 0.25) is 5.95 Å². The Labute approximate surface area is 183 Å². The van der Waals surface area contributed by atoms with Crippen LogP contribution in [-0.2, 0) is 4.74 Å². The van der Waals surface area contributed by atoms with E-state index in [1.807, 2.05) is 24.4 Å². The summed E-state index contributed by atoms with van der Waals surface area (Å²) in [6, 6.07) is 7.79. The fourth-order valence-electron chi connectivity index (χ4n) is 4.21. The lowest BCUT2D eigenvalue weighted by atomic mass is 9.82. The van der Waals surface area contributed by atoms with Gasteiger partial charge in [-0.05, 0) is 42.5 Å². The summed E-state index contributed by atoms with van der Waals surface area (Å²) in [5.41, 5.74) is 2.12. The second-order valence-electron chi connectivity index (χ2n) is 8.56. The van der Waals surface area contributed by atoms with Gasteiger partial charge in [-0.1, -0.05) is 45.1 Å². The van der Waals surface area contributed by atoms with Crippen LogP contribution in [0.4, 0.5) is 16.6 Å². The van der Waals surface area contributed by atoms with Crippen molar-refractivity contribution in [3.05, 3.63) is 60.6 Å². The second-order valence-corrected chi connectivity index (χ2v) is 8.56. The van der Waals surface area contributed by atoms with Crippen molar-refractivity contribution in [1.29, 1.82) is 0 Å². The van der Waals surface area contributed by atoms with E-state index in [0.29, 0.717) is 24.3 Å². The lowest BCUT2D eigenvalue weighted by Crippen LogP contribution is -2.38. The number of hydrogen-bond donors (Lipinski definition) is 1. The van der Waals surface area contributed by atoms with Gasteiger partial charge in [0.05, 0.1) is 11.7 Å². The van der Waals surface area contributed by atoms with E-state index in [2.05, 4.69) is 66.2 Å². The van der Waals surface area contributed by atoms with Crippen molar-refractivity contribution < 1.29 is 9.53 Å². The van der Waals surface area contributed by atoms with Gasteiger partial charge in [0.1, 0.15) is 12.4 Å². The predicted molar refractivity (Wildman–Crippen MR) is 122 cm³/mol. The van der Waals surface area contributed by atoms with Crippen LogP contribution in [0, 0.1) is 17.8 Å². The third-order valence-electron chi connectivity index (χ3n) is 6.01. The van der Waals surface area contributed by atoms with Crippen molar-refractivity contribution in [2.75, 3.05) is 16.8 Å². The minimum Gasteiger partial charge on any atom is -0.447 e. The Hall–Kier alpha value is -3.22. The molecule has 1 aliphatic carbocycles. The van der Waals surface area contributed by atoms with E-state index >= 15 is 0 Å². The first-order valence-corrected chi connectivity index (χ1v) is 10.8. The van der Waals surface area contributed by atoms with Crippen LogP contribution in [-0.4, -0.2) is 39.7 Å². The number of cyclic esters (lactones) is 1. The first-order valence-electron chi connectivity index (χ1n) is 10.8. The number of carbonyl (C=O) groups excluding carboxylic acids is 1. The van der Waals surface area contributed by atoms with Crippen molar-refractivity contribution in [3.63, 3.8) is 0 Å². The van der Waals surface area contributed by atoms with Gasteiger partial charge in [-0.3, -0.25) is 9.88 Å². The minimum atomic E-state index is -0.354. The summed E-state index contributed by atoms with van der Waals surface area (Å²) in [5.74, 6) is 1.94. The number of aromatic nitrogens is 3. The molecule has 31 heavy (non-hydrogen) atoms. The van der Waals surface area contributed by atoms with Crippen LogP contribution in [0.2, 0.25) is 0 Å². The zero-order valence-electron chi connectivity index (χ0n) is 18.4. The fourth-order valence-corrected chi connectivity index (χ4v) is 4.21. The van der Waals surface area contributed by atoms with E-state index in [1.165, 1.54) is 0 Å². The van der Waals surface area contributed by atoms with Gasteiger partial charge in [-0.15, -0.1) is 0 Å². The van der Waals surface area contributed by atoms with Crippen LogP contribution in [0.15, 0.2) is 54.9 Å². The van der Waals surface area contributed by atoms with Gasteiger partial charge in [0.15, 0.2) is 0 Å². The molecular weight excluding hydrogens is 390 g/mol. The maximum atomic E-state index is 12.3. The number of ether oxygens (including phenoxy) is 1. The number of nitrogens with zero attached hydrogens (tertiary/aromatic N) is 4. The Morgan fingerprint density at radius 3 is 2.71 bits per heavy atom. The number of rotatable bonds is 6. The molecule has 0 saturated carbocycles. The number of anilines is 2. The number of hydrogen-bond acceptors (Lipinski definition) is 6. The van der Waals surface area contributed by atoms with Gasteiger partial charge >= 0.3 is 6.09 Å². The van der Waals surface area contributed by atoms with E-state index in [4.69, 9.17) is 4.74 Å². The van der Waals surface area contributed by atoms with E-state index in [9.17, 15) is 4.79 Å². The van der Waals surface area contributed by atoms with Gasteiger partial charge in [0, 0.05) is 24.4 Å². The van der Waals surface area contributed by atoms with E-state index < -0.39 is 0 Å². The molecule has 0 spiro atoms. The van der Waals surface area contributed by atoms with Crippen molar-refractivity contribution in [2.24, 2.45) is 17.8 Å². The highest BCUT2D eigenvalue weighted by molar-refractivity contribution is 5.89. The summed E-state index contributed by atoms with van der Waals surface area (Å²) in [6.45, 7) is 8.87. The summed E-state index contributed by atoms with van der Waals surface area (Å²) in [4.78, 5) is 27.3. The Morgan fingerprint density at radius 1 is 1.16 bits per heavy atom. The zero-order chi connectivity index (χ0) is 22.0. The lowest BCUT2D eigenvalue weighted by Gasteiger charge is -2.29. The molecule has 162 valence electrons. The largest absolute Gasteiger partial charge is 0.447 e. The number of allylic oxidation sites excluding steroid dienone is 3. The van der Waals surface area contributed by atoms with Gasteiger partial charge in [0.25, 0.3) is 0 Å². The smallest absolute Gasteiger partial charge is 0.415 e. The second kappa shape index (κ2) is 8.88. The fraction of sp³-hybridized carbons (Fsp3) is 0.417. The van der Waals surface area contributed by atoms with Crippen LogP contribution in [0.1, 0.15) is 33.4 Å². The lowest BCUT2D eigenvalue weighted by molar-refractivity contribution is 0.177. The third kappa shape index (κ3) is 4.45. The topological polar surface area (TPSA) is 80.2 Å². The van der Waals surface area contributed by atoms with Crippen LogP contribution in [0.25, 0.3) is 5.57 Å². The summed E-state index contributed by atoms with van der Waals surface area (Å²) < 4.78 is 5.26. The summed E-state index contributed by atoms with van der Waals surface area (Å²) in [5, 5.41) is 3.42. The Bertz CT molecular complexity index is 988. The molecule has 1 N–H and O–H groups in total. The average molecular weight is 420 g/mol. The molecule has 1 fully saturated rings. The van der Waals surface area contributed by atoms with Crippen LogP contribution >= 0.6 is 0 Å². The molecule has 2 unspecified atom stereocenters. The van der Waals surface area contributed by atoms with Crippen molar-refractivity contribution in [2.45, 2.75) is 39.8 Å². The molecule has 2 aromatic heterocycles. The number of amides is 1. The molecule has 2 aromatic rings. The molecule has 1 aliphatic heterocycles. The molecule has 0 bridgehead atoms. The highest BCUT2D eigenvalue weighted by Crippen LogP contribution is 2.31. The Balaban J connectivity index is 1.47. The minimum absolute atomic E-state index is 0.0240. The zero-order valence-corrected chi connectivity index (χ0v) is 18.4. The standard InChI is InChI=1S/C24H29N5O2/c1-15(2)21-14-31-24(30)29(21)22-10-12-26-23(28-22)27-17(4)19-9-8-18(13-16(19)3)20-7-5-6-11-25-20/h5-13,15-17,19,21H,14H2,1-4H3,(H,26,27,28)/t16?,17-,19?,21+/m0/s1. The molecule has 7 heteroatoms. The molecule has 4 rings (SSSR count). The van der Waals surface area contributed by atoms with E-state index in [1.54, 1.807) is 17.2 Å². The molecule has 1 amide bonds. The van der Waals surface area contributed by atoms with Crippen LogP contribution < -0.4 is 10.2 Å². The normalized spacial score (nSPS) is 24.2. The molecule has 7 nitrogen and oxygen atoms in total. The van der Waals surface area contributed by atoms with Crippen LogP contribution in [0.3, 0.4) is 0 Å². The summed E-state index contributed by atoms with van der Waals surface area (Å²) in [7, 11) is 0. The van der Waals surface area contributed by atoms with Gasteiger partial charge < -0.3 is 10.1 Å². The quantitative estimate of drug-likeness (QED) is 0.739. The Morgan fingerprint density at radius 2 is 2.00 bits per heavy atom. The highest BCUT2D eigenvalue weighted by Gasteiger charge is 2.37. The highest BCUT2D eigenvalue weighted by atomic mass is 16.6. The molecule has 1 saturated heterocycles. The maximum Gasteiger partial charge on any atom is 0.415 e. The van der Waals surface area contributed by atoms with Crippen molar-refractivity contribution >= 4 is 23.4 Å². The first-order chi connectivity index (χ1) is 14.9. The number of pyridine rings is 1. The van der Waals surface area contributed by atoms with E-state index in [0.717, 1.165) is 11.3 Å². The molecule has 2 aliphatic rings. The molecular formula is C24H29N5O2. The summed E-state index contributed by atoms with van der Waals surface area (Å²) in [6.07, 6.45) is 9.76. The first kappa shape index (κ1) is 21.0. The number of carbonyl (C=O) groups is 1. The molecule has 0 radical (unpaired) electrons. The van der Waals surface area contributed by atoms with Gasteiger partial charge in [-0.2, -0.15) is 4.98 Å². The van der Waals surface area contributed by atoms with E-state index in [-0.39, 0.29) is 30.0 Å². The summed E-state index contributed by atoms with van der Waals surface area (Å²) >= 11 is 0. The Kier molecular flexibility index (Phi) is 6.02. The third-order valence-corrected chi connectivity index (χ3v) is 6.01. The van der Waals surface area contributed by atoms with Crippen molar-refractivity contribution in [1.82, 2.24) is 15.0 Å². The maximum absolute atomic E-state index is 12.3. The number of nitrogens with one attached hydrogen (secondary N) is 1. The SMILES string of the molecule is CC1C=C(c2ccccn2)C=CC1[C@H](C)Nc1nccc(N2C(=O)OC[C@@H]2C(C)C)n1. The average Bonchev–Trinajstić information content (AvgIpc) is 3.16. The molecule has 3 heterocycles. The molecule has 0 aromatic carbocycles. The van der Waals surface area contributed by atoms with Gasteiger partial charge in [-0.25, -0.2) is 9.78 Å².